The van der Waals surface area contributed by atoms with Crippen LogP contribution in [0.3, 0.4) is 0 Å². The Labute approximate surface area is 182 Å². The van der Waals surface area contributed by atoms with Crippen LogP contribution in [-0.4, -0.2) is 23.9 Å². The lowest BCUT2D eigenvalue weighted by Gasteiger charge is -2.25. The largest absolute Gasteiger partial charge is 0.507 e. The maximum atomic E-state index is 13.5. The second-order valence-corrected chi connectivity index (χ2v) is 7.31. The Kier molecular flexibility index (Phi) is 5.48. The maximum Gasteiger partial charge on any atom is 0.300 e. The van der Waals surface area contributed by atoms with Crippen LogP contribution >= 0.6 is 11.6 Å². The molecule has 0 aliphatic carbocycles. The highest BCUT2D eigenvalue weighted by Crippen LogP contribution is 2.43. The number of ether oxygens (including phenoxy) is 1. The molecular formula is C24H17ClFNO4. The molecule has 0 aromatic heterocycles. The second-order valence-electron chi connectivity index (χ2n) is 6.90. The van der Waals surface area contributed by atoms with Crippen LogP contribution in [0.5, 0.6) is 5.75 Å². The first kappa shape index (κ1) is 20.6. The first-order valence-electron chi connectivity index (χ1n) is 9.38. The number of hydrogen-bond acceptors (Lipinski definition) is 4. The minimum absolute atomic E-state index is 0.115. The summed E-state index contributed by atoms with van der Waals surface area (Å²) in [7, 11) is 1.46. The highest BCUT2D eigenvalue weighted by molar-refractivity contribution is 6.52. The molecule has 3 aromatic carbocycles. The van der Waals surface area contributed by atoms with E-state index in [0.29, 0.717) is 17.0 Å². The Bertz CT molecular complexity index is 1190. The van der Waals surface area contributed by atoms with E-state index in [1.807, 2.05) is 0 Å². The van der Waals surface area contributed by atoms with Crippen molar-refractivity contribution in [1.82, 2.24) is 0 Å². The van der Waals surface area contributed by atoms with Gasteiger partial charge in [0.1, 0.15) is 17.3 Å². The number of aliphatic hydroxyl groups is 1. The summed E-state index contributed by atoms with van der Waals surface area (Å²) in [6, 6.07) is 17.8. The van der Waals surface area contributed by atoms with E-state index in [2.05, 4.69) is 0 Å². The lowest BCUT2D eigenvalue weighted by Crippen LogP contribution is -2.29. The van der Waals surface area contributed by atoms with Crippen molar-refractivity contribution in [3.8, 4) is 5.75 Å². The number of amides is 1. The van der Waals surface area contributed by atoms with Gasteiger partial charge in [0, 0.05) is 11.3 Å². The van der Waals surface area contributed by atoms with Gasteiger partial charge in [-0.25, -0.2) is 4.39 Å². The summed E-state index contributed by atoms with van der Waals surface area (Å²) < 4.78 is 18.7. The number of nitrogens with zero attached hydrogens (tertiary/aromatic N) is 1. The van der Waals surface area contributed by atoms with Crippen molar-refractivity contribution in [2.24, 2.45) is 0 Å². The zero-order valence-electron chi connectivity index (χ0n) is 16.4. The summed E-state index contributed by atoms with van der Waals surface area (Å²) in [5.74, 6) is -2.16. The molecule has 0 radical (unpaired) electrons. The molecule has 1 saturated heterocycles. The van der Waals surface area contributed by atoms with Crippen LogP contribution in [0.25, 0.3) is 5.76 Å². The number of hydrogen-bond donors (Lipinski definition) is 1. The van der Waals surface area contributed by atoms with E-state index in [-0.39, 0.29) is 16.2 Å². The van der Waals surface area contributed by atoms with E-state index < -0.39 is 29.3 Å². The van der Waals surface area contributed by atoms with Gasteiger partial charge in [0.2, 0.25) is 0 Å². The van der Waals surface area contributed by atoms with Crippen molar-refractivity contribution in [3.05, 3.63) is 100 Å². The van der Waals surface area contributed by atoms with E-state index in [0.717, 1.165) is 0 Å². The van der Waals surface area contributed by atoms with Crippen LogP contribution in [0, 0.1) is 5.82 Å². The Balaban J connectivity index is 1.96. The number of anilines is 1. The molecule has 1 amide bonds. The molecule has 1 atom stereocenters. The predicted octanol–water partition coefficient (Wildman–Crippen LogP) is 5.11. The van der Waals surface area contributed by atoms with Gasteiger partial charge in [-0.2, -0.15) is 0 Å². The van der Waals surface area contributed by atoms with Gasteiger partial charge < -0.3 is 9.84 Å². The molecule has 3 aromatic rings. The summed E-state index contributed by atoms with van der Waals surface area (Å²) in [5, 5.41) is 11.3. The second kappa shape index (κ2) is 8.24. The van der Waals surface area contributed by atoms with Crippen molar-refractivity contribution in [2.45, 2.75) is 6.04 Å². The number of carbonyl (C=O) groups is 2. The number of methoxy groups -OCH3 is 1. The van der Waals surface area contributed by atoms with Gasteiger partial charge in [-0.05, 0) is 48.0 Å². The Morgan fingerprint density at radius 2 is 1.71 bits per heavy atom. The average molecular weight is 438 g/mol. The van der Waals surface area contributed by atoms with E-state index in [1.165, 1.54) is 48.4 Å². The highest BCUT2D eigenvalue weighted by atomic mass is 35.5. The number of ketones is 1. The van der Waals surface area contributed by atoms with Gasteiger partial charge >= 0.3 is 0 Å². The number of rotatable bonds is 4. The third-order valence-electron chi connectivity index (χ3n) is 5.09. The molecule has 0 spiro atoms. The van der Waals surface area contributed by atoms with E-state index in [4.69, 9.17) is 16.3 Å². The van der Waals surface area contributed by atoms with Crippen LogP contribution in [0.4, 0.5) is 10.1 Å². The highest BCUT2D eigenvalue weighted by Gasteiger charge is 2.47. The number of benzene rings is 3. The van der Waals surface area contributed by atoms with Crippen molar-refractivity contribution in [1.29, 1.82) is 0 Å². The smallest absolute Gasteiger partial charge is 0.300 e. The van der Waals surface area contributed by atoms with E-state index >= 15 is 0 Å². The number of carbonyl (C=O) groups excluding carboxylic acids is 2. The molecule has 31 heavy (non-hydrogen) atoms. The molecule has 5 nitrogen and oxygen atoms in total. The summed E-state index contributed by atoms with van der Waals surface area (Å²) in [6.07, 6.45) is 0. The van der Waals surface area contributed by atoms with Crippen molar-refractivity contribution in [3.63, 3.8) is 0 Å². The molecule has 1 fully saturated rings. The summed E-state index contributed by atoms with van der Waals surface area (Å²) in [6.45, 7) is 0. The first-order chi connectivity index (χ1) is 14.9. The molecule has 156 valence electrons. The monoisotopic (exact) mass is 437 g/mol. The van der Waals surface area contributed by atoms with Gasteiger partial charge in [-0.3, -0.25) is 14.5 Å². The standard InChI is InChI=1S/C24H17ClFNO4/c1-31-17-11-12-19(25)18(13-17)22(28)20-21(14-5-3-2-4-6-14)27(24(30)23(20)29)16-9-7-15(26)8-10-16/h2-13,21,28H,1H3/b22-20+. The van der Waals surface area contributed by atoms with Crippen LogP contribution in [0.2, 0.25) is 5.02 Å². The van der Waals surface area contributed by atoms with Crippen molar-refractivity contribution in [2.75, 3.05) is 12.0 Å². The van der Waals surface area contributed by atoms with Crippen LogP contribution in [0.1, 0.15) is 17.2 Å². The van der Waals surface area contributed by atoms with E-state index in [1.54, 1.807) is 36.4 Å². The quantitative estimate of drug-likeness (QED) is 0.350. The SMILES string of the molecule is COc1ccc(Cl)c(/C(O)=C2\C(=O)C(=O)N(c3ccc(F)cc3)C2c2ccccc2)c1. The lowest BCUT2D eigenvalue weighted by atomic mass is 9.95. The average Bonchev–Trinajstić information content (AvgIpc) is 3.05. The molecule has 4 rings (SSSR count). The molecule has 0 bridgehead atoms. The fraction of sp³-hybridized carbons (Fsp3) is 0.0833. The van der Waals surface area contributed by atoms with Gasteiger partial charge in [0.25, 0.3) is 11.7 Å². The maximum absolute atomic E-state index is 13.5. The predicted molar refractivity (Wildman–Crippen MR) is 116 cm³/mol. The Morgan fingerprint density at radius 1 is 1.03 bits per heavy atom. The third-order valence-corrected chi connectivity index (χ3v) is 5.42. The molecule has 1 aliphatic rings. The molecule has 1 unspecified atom stereocenters. The van der Waals surface area contributed by atoms with Crippen LogP contribution in [0.15, 0.2) is 78.4 Å². The third kappa shape index (κ3) is 3.66. The first-order valence-corrected chi connectivity index (χ1v) is 9.75. The summed E-state index contributed by atoms with van der Waals surface area (Å²) in [5.41, 5.74) is 0.981. The summed E-state index contributed by atoms with van der Waals surface area (Å²) in [4.78, 5) is 27.3. The minimum Gasteiger partial charge on any atom is -0.507 e. The zero-order chi connectivity index (χ0) is 22.1. The molecular weight excluding hydrogens is 421 g/mol. The topological polar surface area (TPSA) is 66.8 Å². The lowest BCUT2D eigenvalue weighted by molar-refractivity contribution is -0.132. The minimum atomic E-state index is -0.922. The zero-order valence-corrected chi connectivity index (χ0v) is 17.1. The number of aliphatic hydroxyl groups excluding tert-OH is 1. The van der Waals surface area contributed by atoms with E-state index in [9.17, 15) is 19.1 Å². The summed E-state index contributed by atoms with van der Waals surface area (Å²) >= 11 is 6.27. The molecule has 1 aliphatic heterocycles. The Morgan fingerprint density at radius 3 is 2.35 bits per heavy atom. The number of halogens is 2. The van der Waals surface area contributed by atoms with Gasteiger partial charge in [0.15, 0.2) is 0 Å². The van der Waals surface area contributed by atoms with Gasteiger partial charge in [-0.15, -0.1) is 0 Å². The fourth-order valence-electron chi connectivity index (χ4n) is 3.61. The van der Waals surface area contributed by atoms with Crippen molar-refractivity contribution >= 4 is 34.7 Å². The molecule has 1 heterocycles. The van der Waals surface area contributed by atoms with Crippen molar-refractivity contribution < 1.29 is 23.8 Å². The van der Waals surface area contributed by atoms with Crippen LogP contribution < -0.4 is 9.64 Å². The normalized spacial score (nSPS) is 17.8. The Hall–Kier alpha value is -3.64. The molecule has 7 heteroatoms. The van der Waals surface area contributed by atoms with Gasteiger partial charge in [0.05, 0.1) is 23.7 Å². The molecule has 1 N–H and O–H groups in total. The molecule has 0 saturated carbocycles. The van der Waals surface area contributed by atoms with Gasteiger partial charge in [-0.1, -0.05) is 41.9 Å². The fourth-order valence-corrected chi connectivity index (χ4v) is 3.82. The number of Topliss-reactive ketones (excluding diaryl/α,β-unsaturated/α-hetero) is 1. The van der Waals surface area contributed by atoms with Crippen LogP contribution in [-0.2, 0) is 9.59 Å².